The van der Waals surface area contributed by atoms with Crippen molar-refractivity contribution < 1.29 is 0 Å². The van der Waals surface area contributed by atoms with Crippen molar-refractivity contribution in [1.82, 2.24) is 4.90 Å². The molecule has 0 aromatic heterocycles. The van der Waals surface area contributed by atoms with E-state index in [1.807, 2.05) is 0 Å². The Bertz CT molecular complexity index is 75.1. The molecule has 0 rings (SSSR count). The number of rotatable bonds is 8. The van der Waals surface area contributed by atoms with Crippen molar-refractivity contribution in [2.24, 2.45) is 0 Å². The number of nitrogens with zero attached hydrogens (tertiary/aromatic N) is 1. The molecule has 0 saturated heterocycles. The highest BCUT2D eigenvalue weighted by molar-refractivity contribution is 4.56. The van der Waals surface area contributed by atoms with E-state index in [0.717, 1.165) is 6.42 Å². The predicted octanol–water partition coefficient (Wildman–Crippen LogP) is 3.11. The van der Waals surface area contributed by atoms with Crippen LogP contribution in [0.5, 0.6) is 0 Å². The van der Waals surface area contributed by atoms with E-state index >= 15 is 0 Å². The Morgan fingerprint density at radius 1 is 0.917 bits per heavy atom. The van der Waals surface area contributed by atoms with Crippen LogP contribution in [0.1, 0.15) is 46.0 Å². The van der Waals surface area contributed by atoms with Crippen molar-refractivity contribution in [2.75, 3.05) is 19.6 Å². The fraction of sp³-hybridized carbons (Fsp3) is 0.909. The fourth-order valence-electron chi connectivity index (χ4n) is 1.48. The van der Waals surface area contributed by atoms with Crippen molar-refractivity contribution in [3.63, 3.8) is 0 Å². The molecule has 0 spiro atoms. The maximum absolute atomic E-state index is 3.86. The molecular formula is C11H24N. The average molecular weight is 170 g/mol. The van der Waals surface area contributed by atoms with E-state index in [1.165, 1.54) is 45.3 Å². The van der Waals surface area contributed by atoms with Crippen LogP contribution in [0.2, 0.25) is 0 Å². The second kappa shape index (κ2) is 9.05. The van der Waals surface area contributed by atoms with Crippen LogP contribution in [0.4, 0.5) is 0 Å². The number of hydrogen-bond acceptors (Lipinski definition) is 1. The molecule has 0 N–H and O–H groups in total. The van der Waals surface area contributed by atoms with Crippen LogP contribution in [0.15, 0.2) is 0 Å². The first kappa shape index (κ1) is 12.0. The molecule has 0 aromatic carbocycles. The highest BCUT2D eigenvalue weighted by atomic mass is 15.1. The third kappa shape index (κ3) is 6.66. The van der Waals surface area contributed by atoms with Crippen molar-refractivity contribution in [2.45, 2.75) is 46.0 Å². The quantitative estimate of drug-likeness (QED) is 0.506. The first-order chi connectivity index (χ1) is 5.85. The third-order valence-electron chi connectivity index (χ3n) is 2.05. The SMILES string of the molecule is [CH2]CCCCN(CCC)CCC. The normalized spacial score (nSPS) is 11.0. The van der Waals surface area contributed by atoms with Gasteiger partial charge in [0.1, 0.15) is 0 Å². The van der Waals surface area contributed by atoms with Gasteiger partial charge in [0.05, 0.1) is 0 Å². The fourth-order valence-corrected chi connectivity index (χ4v) is 1.48. The van der Waals surface area contributed by atoms with E-state index < -0.39 is 0 Å². The van der Waals surface area contributed by atoms with Gasteiger partial charge >= 0.3 is 0 Å². The average Bonchev–Trinajstić information content (AvgIpc) is 2.06. The summed E-state index contributed by atoms with van der Waals surface area (Å²) < 4.78 is 0. The van der Waals surface area contributed by atoms with Crippen LogP contribution in [-0.4, -0.2) is 24.5 Å². The molecule has 0 aliphatic rings. The van der Waals surface area contributed by atoms with Gasteiger partial charge in [0.15, 0.2) is 0 Å². The molecular weight excluding hydrogens is 146 g/mol. The van der Waals surface area contributed by atoms with Crippen molar-refractivity contribution in [1.29, 1.82) is 0 Å². The highest BCUT2D eigenvalue weighted by Gasteiger charge is 2.00. The Morgan fingerprint density at radius 2 is 1.50 bits per heavy atom. The third-order valence-corrected chi connectivity index (χ3v) is 2.05. The monoisotopic (exact) mass is 170 g/mol. The van der Waals surface area contributed by atoms with E-state index in [2.05, 4.69) is 25.7 Å². The minimum absolute atomic E-state index is 1.09. The zero-order valence-electron chi connectivity index (χ0n) is 8.81. The molecule has 12 heavy (non-hydrogen) atoms. The second-order valence-electron chi connectivity index (χ2n) is 3.40. The van der Waals surface area contributed by atoms with Gasteiger partial charge in [0, 0.05) is 0 Å². The van der Waals surface area contributed by atoms with Gasteiger partial charge in [-0.15, -0.1) is 0 Å². The standard InChI is InChI=1S/C11H24N/c1-4-7-8-11-12(9-5-2)10-6-3/h1,4-11H2,2-3H3. The summed E-state index contributed by atoms with van der Waals surface area (Å²) in [5.41, 5.74) is 0. The van der Waals surface area contributed by atoms with E-state index in [-0.39, 0.29) is 0 Å². The Hall–Kier alpha value is -0.0400. The predicted molar refractivity (Wildman–Crippen MR) is 56.2 cm³/mol. The lowest BCUT2D eigenvalue weighted by Gasteiger charge is -2.20. The molecule has 0 fully saturated rings. The Balaban J connectivity index is 3.34. The van der Waals surface area contributed by atoms with Crippen LogP contribution >= 0.6 is 0 Å². The van der Waals surface area contributed by atoms with Crippen LogP contribution in [0.3, 0.4) is 0 Å². The minimum Gasteiger partial charge on any atom is -0.303 e. The van der Waals surface area contributed by atoms with E-state index in [0.29, 0.717) is 0 Å². The molecule has 0 aliphatic carbocycles. The van der Waals surface area contributed by atoms with Crippen LogP contribution < -0.4 is 0 Å². The van der Waals surface area contributed by atoms with Gasteiger partial charge in [-0.3, -0.25) is 0 Å². The smallest absolute Gasteiger partial charge is 0.00187 e. The summed E-state index contributed by atoms with van der Waals surface area (Å²) in [6.07, 6.45) is 6.26. The van der Waals surface area contributed by atoms with Crippen molar-refractivity contribution in [3.8, 4) is 0 Å². The lowest BCUT2D eigenvalue weighted by Crippen LogP contribution is -2.26. The number of unbranched alkanes of at least 4 members (excludes halogenated alkanes) is 2. The maximum Gasteiger partial charge on any atom is -0.00187 e. The van der Waals surface area contributed by atoms with Crippen LogP contribution in [0.25, 0.3) is 0 Å². The molecule has 0 unspecified atom stereocenters. The lowest BCUT2D eigenvalue weighted by atomic mass is 10.2. The molecule has 1 heteroatoms. The molecule has 0 bridgehead atoms. The zero-order valence-corrected chi connectivity index (χ0v) is 8.81. The number of hydrogen-bond donors (Lipinski definition) is 0. The van der Waals surface area contributed by atoms with Crippen LogP contribution in [0, 0.1) is 6.92 Å². The molecule has 73 valence electrons. The van der Waals surface area contributed by atoms with E-state index in [9.17, 15) is 0 Å². The van der Waals surface area contributed by atoms with Gasteiger partial charge in [-0.2, -0.15) is 0 Å². The summed E-state index contributed by atoms with van der Waals surface area (Å²) in [5.74, 6) is 0. The zero-order chi connectivity index (χ0) is 9.23. The molecule has 0 aromatic rings. The summed E-state index contributed by atoms with van der Waals surface area (Å²) in [7, 11) is 0. The second-order valence-corrected chi connectivity index (χ2v) is 3.40. The van der Waals surface area contributed by atoms with Crippen molar-refractivity contribution in [3.05, 3.63) is 6.92 Å². The van der Waals surface area contributed by atoms with Gasteiger partial charge in [-0.1, -0.05) is 33.6 Å². The van der Waals surface area contributed by atoms with Crippen LogP contribution in [-0.2, 0) is 0 Å². The topological polar surface area (TPSA) is 3.24 Å². The Morgan fingerprint density at radius 3 is 1.92 bits per heavy atom. The Labute approximate surface area is 78.1 Å². The first-order valence-corrected chi connectivity index (χ1v) is 5.36. The van der Waals surface area contributed by atoms with Gasteiger partial charge < -0.3 is 4.90 Å². The summed E-state index contributed by atoms with van der Waals surface area (Å²) >= 11 is 0. The molecule has 1 radical (unpaired) electrons. The molecule has 0 heterocycles. The Kier molecular flexibility index (Phi) is 9.02. The lowest BCUT2D eigenvalue weighted by molar-refractivity contribution is 0.269. The van der Waals surface area contributed by atoms with Gasteiger partial charge in [0.2, 0.25) is 0 Å². The first-order valence-electron chi connectivity index (χ1n) is 5.36. The summed E-state index contributed by atoms with van der Waals surface area (Å²) in [5, 5.41) is 0. The van der Waals surface area contributed by atoms with Crippen molar-refractivity contribution >= 4 is 0 Å². The summed E-state index contributed by atoms with van der Waals surface area (Å²) in [6.45, 7) is 12.2. The molecule has 0 saturated carbocycles. The molecule has 0 atom stereocenters. The summed E-state index contributed by atoms with van der Waals surface area (Å²) in [6, 6.07) is 0. The van der Waals surface area contributed by atoms with E-state index in [1.54, 1.807) is 0 Å². The molecule has 0 amide bonds. The van der Waals surface area contributed by atoms with Gasteiger partial charge in [-0.05, 0) is 38.9 Å². The molecule has 0 aliphatic heterocycles. The van der Waals surface area contributed by atoms with Gasteiger partial charge in [-0.25, -0.2) is 0 Å². The highest BCUT2D eigenvalue weighted by Crippen LogP contribution is 2.00. The van der Waals surface area contributed by atoms with E-state index in [4.69, 9.17) is 0 Å². The maximum atomic E-state index is 3.86. The molecule has 1 nitrogen and oxygen atoms in total. The summed E-state index contributed by atoms with van der Waals surface area (Å²) in [4.78, 5) is 2.57. The minimum atomic E-state index is 1.09. The van der Waals surface area contributed by atoms with Gasteiger partial charge in [0.25, 0.3) is 0 Å². The largest absolute Gasteiger partial charge is 0.303 e.